The molecule has 0 unspecified atom stereocenters. The number of aliphatic hydroxyl groups is 1. The molecule has 0 aliphatic carbocycles. The highest BCUT2D eigenvalue weighted by Gasteiger charge is 2.12. The van der Waals surface area contributed by atoms with Gasteiger partial charge in [-0.3, -0.25) is 4.90 Å². The molecule has 1 atom stereocenters. The average molecular weight is 388 g/mol. The summed E-state index contributed by atoms with van der Waals surface area (Å²) < 4.78 is 11.2. The van der Waals surface area contributed by atoms with E-state index in [4.69, 9.17) is 9.47 Å². The lowest BCUT2D eigenvalue weighted by atomic mass is 10.2. The minimum atomic E-state index is -0.583. The molecule has 0 aliphatic heterocycles. The molecule has 0 heterocycles. The van der Waals surface area contributed by atoms with Crippen molar-refractivity contribution in [3.8, 4) is 11.5 Å². The molecule has 27 heavy (non-hydrogen) atoms. The van der Waals surface area contributed by atoms with Crippen molar-refractivity contribution in [2.24, 2.45) is 0 Å². The van der Waals surface area contributed by atoms with Crippen molar-refractivity contribution in [3.63, 3.8) is 0 Å². The van der Waals surface area contributed by atoms with Gasteiger partial charge in [-0.25, -0.2) is 0 Å². The molecule has 0 aromatic heterocycles. The molecule has 1 N–H and O–H groups in total. The molecule has 0 fully saturated rings. The Morgan fingerprint density at radius 2 is 1.89 bits per heavy atom. The third-order valence-electron chi connectivity index (χ3n) is 4.11. The lowest BCUT2D eigenvalue weighted by molar-refractivity contribution is 0.0733. The van der Waals surface area contributed by atoms with Crippen molar-refractivity contribution in [2.75, 3.05) is 33.6 Å². The van der Waals surface area contributed by atoms with E-state index in [1.165, 1.54) is 10.5 Å². The molecule has 146 valence electrons. The fourth-order valence-electron chi connectivity index (χ4n) is 2.81. The Bertz CT molecular complexity index is 731. The number of aliphatic hydroxyl groups excluding tert-OH is 1. The van der Waals surface area contributed by atoms with E-state index in [-0.39, 0.29) is 6.61 Å². The van der Waals surface area contributed by atoms with E-state index >= 15 is 0 Å². The van der Waals surface area contributed by atoms with Crippen molar-refractivity contribution in [1.29, 1.82) is 0 Å². The summed E-state index contributed by atoms with van der Waals surface area (Å²) in [5.41, 5.74) is 2.28. The Labute approximate surface area is 166 Å². The maximum absolute atomic E-state index is 10.3. The van der Waals surface area contributed by atoms with E-state index in [1.807, 2.05) is 44.3 Å². The first-order valence-corrected chi connectivity index (χ1v) is 10.2. The van der Waals surface area contributed by atoms with Crippen LogP contribution in [0, 0.1) is 0 Å². The molecular formula is C22H29NO3S. The molecule has 0 bridgehead atoms. The molecule has 0 amide bonds. The minimum absolute atomic E-state index is 0.217. The second kappa shape index (κ2) is 11.0. The maximum Gasteiger partial charge on any atom is 0.161 e. The third kappa shape index (κ3) is 6.94. The fourth-order valence-corrected chi connectivity index (χ4v) is 3.21. The van der Waals surface area contributed by atoms with Crippen LogP contribution >= 0.6 is 11.8 Å². The van der Waals surface area contributed by atoms with Gasteiger partial charge in [0.15, 0.2) is 11.5 Å². The summed E-state index contributed by atoms with van der Waals surface area (Å²) in [4.78, 5) is 3.35. The van der Waals surface area contributed by atoms with Crippen molar-refractivity contribution in [2.45, 2.75) is 24.5 Å². The first-order valence-electron chi connectivity index (χ1n) is 8.98. The number of allylic oxidation sites excluding steroid dienone is 1. The number of ether oxygens (including phenoxy) is 2. The van der Waals surface area contributed by atoms with Gasteiger partial charge in [-0.15, -0.1) is 11.8 Å². The number of hydrogen-bond acceptors (Lipinski definition) is 5. The van der Waals surface area contributed by atoms with Crippen LogP contribution in [0.1, 0.15) is 18.1 Å². The Morgan fingerprint density at radius 3 is 2.52 bits per heavy atom. The topological polar surface area (TPSA) is 41.9 Å². The standard InChI is InChI=1S/C22H29NO3S/c1-5-6-17-9-12-21(22(13-17)25-3)26-16-19(24)15-23(2)14-18-7-10-20(27-4)11-8-18/h5-13,19,24H,14-16H2,1-4H3/b6-5+/t19-/m1/s1. The Morgan fingerprint density at radius 1 is 1.15 bits per heavy atom. The van der Waals surface area contributed by atoms with Gasteiger partial charge >= 0.3 is 0 Å². The van der Waals surface area contributed by atoms with Gasteiger partial charge in [-0.05, 0) is 55.6 Å². The average Bonchev–Trinajstić information content (AvgIpc) is 2.67. The Balaban J connectivity index is 1.85. The van der Waals surface area contributed by atoms with Crippen LogP contribution in [-0.4, -0.2) is 49.7 Å². The SMILES string of the molecule is C/C=C/c1ccc(OC[C@H](O)CN(C)Cc2ccc(SC)cc2)c(OC)c1. The first kappa shape index (κ1) is 21.4. The molecule has 0 saturated heterocycles. The summed E-state index contributed by atoms with van der Waals surface area (Å²) in [6.45, 7) is 3.51. The Hall–Kier alpha value is -1.95. The van der Waals surface area contributed by atoms with Crippen LogP contribution in [0.4, 0.5) is 0 Å². The van der Waals surface area contributed by atoms with E-state index in [0.717, 1.165) is 12.1 Å². The molecule has 0 spiro atoms. The second-order valence-electron chi connectivity index (χ2n) is 6.42. The molecule has 2 rings (SSSR count). The third-order valence-corrected chi connectivity index (χ3v) is 4.86. The largest absolute Gasteiger partial charge is 0.493 e. The molecule has 0 saturated carbocycles. The quantitative estimate of drug-likeness (QED) is 0.615. The van der Waals surface area contributed by atoms with Crippen molar-refractivity contribution < 1.29 is 14.6 Å². The zero-order valence-electron chi connectivity index (χ0n) is 16.5. The van der Waals surface area contributed by atoms with Crippen molar-refractivity contribution >= 4 is 17.8 Å². The van der Waals surface area contributed by atoms with Gasteiger partial charge in [0.05, 0.1) is 7.11 Å². The minimum Gasteiger partial charge on any atom is -0.493 e. The van der Waals surface area contributed by atoms with Gasteiger partial charge in [-0.2, -0.15) is 0 Å². The number of thioether (sulfide) groups is 1. The lowest BCUT2D eigenvalue weighted by Crippen LogP contribution is -2.32. The van der Waals surface area contributed by atoms with Gasteiger partial charge in [0.2, 0.25) is 0 Å². The van der Waals surface area contributed by atoms with Crippen LogP contribution in [0.2, 0.25) is 0 Å². The van der Waals surface area contributed by atoms with Gasteiger partial charge < -0.3 is 14.6 Å². The zero-order chi connectivity index (χ0) is 19.6. The van der Waals surface area contributed by atoms with Gasteiger partial charge in [-0.1, -0.05) is 30.4 Å². The fraction of sp³-hybridized carbons (Fsp3) is 0.364. The highest BCUT2D eigenvalue weighted by molar-refractivity contribution is 7.98. The molecule has 4 nitrogen and oxygen atoms in total. The number of rotatable bonds is 10. The van der Waals surface area contributed by atoms with Crippen LogP contribution in [0.25, 0.3) is 6.08 Å². The normalized spacial score (nSPS) is 12.5. The van der Waals surface area contributed by atoms with E-state index < -0.39 is 6.10 Å². The molecule has 2 aromatic carbocycles. The summed E-state index contributed by atoms with van der Waals surface area (Å²) in [5.74, 6) is 1.31. The van der Waals surface area contributed by atoms with Crippen LogP contribution in [0.3, 0.4) is 0 Å². The van der Waals surface area contributed by atoms with E-state index in [0.29, 0.717) is 18.0 Å². The van der Waals surface area contributed by atoms with Crippen LogP contribution in [0.5, 0.6) is 11.5 Å². The van der Waals surface area contributed by atoms with Gasteiger partial charge in [0, 0.05) is 18.0 Å². The lowest BCUT2D eigenvalue weighted by Gasteiger charge is -2.21. The van der Waals surface area contributed by atoms with Gasteiger partial charge in [0.1, 0.15) is 12.7 Å². The van der Waals surface area contributed by atoms with Crippen LogP contribution in [0.15, 0.2) is 53.4 Å². The zero-order valence-corrected chi connectivity index (χ0v) is 17.3. The highest BCUT2D eigenvalue weighted by atomic mass is 32.2. The number of hydrogen-bond donors (Lipinski definition) is 1. The van der Waals surface area contributed by atoms with E-state index in [1.54, 1.807) is 18.9 Å². The predicted octanol–water partition coefficient (Wildman–Crippen LogP) is 4.32. The predicted molar refractivity (Wildman–Crippen MR) is 114 cm³/mol. The van der Waals surface area contributed by atoms with E-state index in [9.17, 15) is 5.11 Å². The molecule has 0 radical (unpaired) electrons. The van der Waals surface area contributed by atoms with Crippen LogP contribution < -0.4 is 9.47 Å². The molecule has 5 heteroatoms. The van der Waals surface area contributed by atoms with Crippen LogP contribution in [-0.2, 0) is 6.54 Å². The second-order valence-corrected chi connectivity index (χ2v) is 7.30. The smallest absolute Gasteiger partial charge is 0.161 e. The van der Waals surface area contributed by atoms with E-state index in [2.05, 4.69) is 35.4 Å². The number of nitrogens with zero attached hydrogens (tertiary/aromatic N) is 1. The number of benzene rings is 2. The molecule has 0 aliphatic rings. The monoisotopic (exact) mass is 387 g/mol. The maximum atomic E-state index is 10.3. The first-order chi connectivity index (χ1) is 13.0. The molecular weight excluding hydrogens is 358 g/mol. The summed E-state index contributed by atoms with van der Waals surface area (Å²) in [6.07, 6.45) is 5.46. The summed E-state index contributed by atoms with van der Waals surface area (Å²) >= 11 is 1.73. The number of methoxy groups -OCH3 is 1. The van der Waals surface area contributed by atoms with Crippen molar-refractivity contribution in [1.82, 2.24) is 4.90 Å². The van der Waals surface area contributed by atoms with Gasteiger partial charge in [0.25, 0.3) is 0 Å². The summed E-state index contributed by atoms with van der Waals surface area (Å²) in [7, 11) is 3.62. The summed E-state index contributed by atoms with van der Waals surface area (Å²) in [6, 6.07) is 14.3. The molecule has 2 aromatic rings. The highest BCUT2D eigenvalue weighted by Crippen LogP contribution is 2.28. The number of likely N-dealkylation sites (N-methyl/N-ethyl adjacent to an activating group) is 1. The Kier molecular flexibility index (Phi) is 8.72. The summed E-state index contributed by atoms with van der Waals surface area (Å²) in [5, 5.41) is 10.3. The van der Waals surface area contributed by atoms with Crippen molar-refractivity contribution in [3.05, 3.63) is 59.7 Å².